The molecule has 1 rings (SSSR count). The Kier molecular flexibility index (Phi) is 4.63. The Morgan fingerprint density at radius 2 is 2.06 bits per heavy atom. The predicted molar refractivity (Wildman–Crippen MR) is 74.8 cm³/mol. The molecular weight excluding hydrogens is 230 g/mol. The van der Waals surface area contributed by atoms with Gasteiger partial charge in [-0.05, 0) is 51.1 Å². The summed E-state index contributed by atoms with van der Waals surface area (Å²) in [6, 6.07) is 6.00. The van der Waals surface area contributed by atoms with Gasteiger partial charge in [0.25, 0.3) is 5.91 Å². The molecule has 1 N–H and O–H groups in total. The van der Waals surface area contributed by atoms with Gasteiger partial charge in [-0.1, -0.05) is 13.0 Å². The van der Waals surface area contributed by atoms with Crippen LogP contribution in [0.25, 0.3) is 0 Å². The Morgan fingerprint density at radius 3 is 2.59 bits per heavy atom. The molecule has 2 nitrogen and oxygen atoms in total. The maximum atomic E-state index is 12.2. The van der Waals surface area contributed by atoms with Crippen molar-refractivity contribution in [3.05, 3.63) is 29.3 Å². The zero-order valence-electron chi connectivity index (χ0n) is 11.3. The van der Waals surface area contributed by atoms with Crippen molar-refractivity contribution in [1.82, 2.24) is 5.32 Å². The van der Waals surface area contributed by atoms with E-state index in [2.05, 4.69) is 12.2 Å². The molecule has 0 saturated carbocycles. The first-order valence-electron chi connectivity index (χ1n) is 5.87. The Morgan fingerprint density at radius 1 is 1.41 bits per heavy atom. The SMILES string of the molecule is CCC(C)(C)NC(=O)c1cc(SC)ccc1C. The summed E-state index contributed by atoms with van der Waals surface area (Å²) in [4.78, 5) is 13.3. The van der Waals surface area contributed by atoms with E-state index in [0.717, 1.165) is 22.4 Å². The zero-order chi connectivity index (χ0) is 13.1. The van der Waals surface area contributed by atoms with Crippen molar-refractivity contribution >= 4 is 17.7 Å². The smallest absolute Gasteiger partial charge is 0.251 e. The van der Waals surface area contributed by atoms with Crippen molar-refractivity contribution in [2.24, 2.45) is 0 Å². The van der Waals surface area contributed by atoms with Crippen LogP contribution in [-0.2, 0) is 0 Å². The third-order valence-corrected chi connectivity index (χ3v) is 3.75. The lowest BCUT2D eigenvalue weighted by Crippen LogP contribution is -2.43. The number of hydrogen-bond acceptors (Lipinski definition) is 2. The predicted octanol–water partition coefficient (Wildman–Crippen LogP) is 3.64. The number of aryl methyl sites for hydroxylation is 1. The fourth-order valence-electron chi connectivity index (χ4n) is 1.44. The van der Waals surface area contributed by atoms with Crippen LogP contribution in [0.4, 0.5) is 0 Å². The van der Waals surface area contributed by atoms with E-state index in [1.54, 1.807) is 11.8 Å². The van der Waals surface area contributed by atoms with Crippen LogP contribution in [0.5, 0.6) is 0 Å². The largest absolute Gasteiger partial charge is 0.347 e. The quantitative estimate of drug-likeness (QED) is 0.828. The average molecular weight is 251 g/mol. The van der Waals surface area contributed by atoms with Crippen LogP contribution < -0.4 is 5.32 Å². The van der Waals surface area contributed by atoms with Gasteiger partial charge in [-0.3, -0.25) is 4.79 Å². The van der Waals surface area contributed by atoms with Crippen LogP contribution in [0.2, 0.25) is 0 Å². The van der Waals surface area contributed by atoms with Gasteiger partial charge in [-0.2, -0.15) is 0 Å². The van der Waals surface area contributed by atoms with Gasteiger partial charge in [0.2, 0.25) is 0 Å². The fourth-order valence-corrected chi connectivity index (χ4v) is 1.88. The summed E-state index contributed by atoms with van der Waals surface area (Å²) in [6.07, 6.45) is 2.93. The lowest BCUT2D eigenvalue weighted by molar-refractivity contribution is 0.0910. The molecule has 0 aliphatic rings. The van der Waals surface area contributed by atoms with Crippen LogP contribution in [0.3, 0.4) is 0 Å². The molecule has 0 unspecified atom stereocenters. The Balaban J connectivity index is 2.96. The molecule has 0 aliphatic heterocycles. The second-order valence-electron chi connectivity index (χ2n) is 4.87. The zero-order valence-corrected chi connectivity index (χ0v) is 12.1. The summed E-state index contributed by atoms with van der Waals surface area (Å²) in [6.45, 7) is 8.13. The van der Waals surface area contributed by atoms with Crippen molar-refractivity contribution in [1.29, 1.82) is 0 Å². The minimum Gasteiger partial charge on any atom is -0.347 e. The number of thioether (sulfide) groups is 1. The number of hydrogen-bond donors (Lipinski definition) is 1. The first kappa shape index (κ1) is 14.1. The maximum Gasteiger partial charge on any atom is 0.251 e. The summed E-state index contributed by atoms with van der Waals surface area (Å²) in [5, 5.41) is 3.07. The number of benzene rings is 1. The molecule has 0 atom stereocenters. The van der Waals surface area contributed by atoms with Crippen LogP contribution in [0.1, 0.15) is 43.1 Å². The monoisotopic (exact) mass is 251 g/mol. The molecule has 0 bridgehead atoms. The van der Waals surface area contributed by atoms with Gasteiger partial charge in [0.1, 0.15) is 0 Å². The van der Waals surface area contributed by atoms with Crippen LogP contribution in [0.15, 0.2) is 23.1 Å². The highest BCUT2D eigenvalue weighted by Crippen LogP contribution is 2.20. The molecule has 0 saturated heterocycles. The van der Waals surface area contributed by atoms with Crippen LogP contribution >= 0.6 is 11.8 Å². The van der Waals surface area contributed by atoms with Gasteiger partial charge in [0, 0.05) is 16.0 Å². The Hall–Kier alpha value is -0.960. The van der Waals surface area contributed by atoms with Crippen molar-refractivity contribution in [3.63, 3.8) is 0 Å². The molecule has 1 amide bonds. The molecule has 0 radical (unpaired) electrons. The van der Waals surface area contributed by atoms with Crippen molar-refractivity contribution in [2.75, 3.05) is 6.26 Å². The Bertz CT molecular complexity index is 413. The van der Waals surface area contributed by atoms with Crippen molar-refractivity contribution in [2.45, 2.75) is 44.6 Å². The molecule has 94 valence electrons. The van der Waals surface area contributed by atoms with E-state index >= 15 is 0 Å². The lowest BCUT2D eigenvalue weighted by Gasteiger charge is -2.25. The third kappa shape index (κ3) is 3.77. The first-order valence-corrected chi connectivity index (χ1v) is 7.09. The van der Waals surface area contributed by atoms with E-state index in [1.165, 1.54) is 0 Å². The van der Waals surface area contributed by atoms with Gasteiger partial charge in [-0.15, -0.1) is 11.8 Å². The van der Waals surface area contributed by atoms with E-state index in [9.17, 15) is 4.79 Å². The number of nitrogens with one attached hydrogen (secondary N) is 1. The van der Waals surface area contributed by atoms with Crippen LogP contribution in [0, 0.1) is 6.92 Å². The molecule has 0 aliphatic carbocycles. The van der Waals surface area contributed by atoms with Gasteiger partial charge in [-0.25, -0.2) is 0 Å². The highest BCUT2D eigenvalue weighted by atomic mass is 32.2. The summed E-state index contributed by atoms with van der Waals surface area (Å²) in [5.41, 5.74) is 1.64. The van der Waals surface area contributed by atoms with Gasteiger partial charge in [0.05, 0.1) is 0 Å². The first-order chi connectivity index (χ1) is 7.89. The minimum absolute atomic E-state index is 0.0188. The molecule has 3 heteroatoms. The maximum absolute atomic E-state index is 12.2. The standard InChI is InChI=1S/C14H21NOS/c1-6-14(3,4)15-13(16)12-9-11(17-5)8-7-10(12)2/h7-9H,6H2,1-5H3,(H,15,16). The van der Waals surface area contributed by atoms with E-state index in [1.807, 2.05) is 45.2 Å². The second-order valence-corrected chi connectivity index (χ2v) is 5.75. The van der Waals surface area contributed by atoms with Gasteiger partial charge in [0.15, 0.2) is 0 Å². The topological polar surface area (TPSA) is 29.1 Å². The molecule has 1 aromatic rings. The number of carbonyl (C=O) groups is 1. The molecular formula is C14H21NOS. The highest BCUT2D eigenvalue weighted by Gasteiger charge is 2.19. The van der Waals surface area contributed by atoms with E-state index in [0.29, 0.717) is 0 Å². The number of amides is 1. The molecule has 0 spiro atoms. The Labute approximate surface area is 108 Å². The van der Waals surface area contributed by atoms with E-state index < -0.39 is 0 Å². The number of rotatable bonds is 4. The average Bonchev–Trinajstić information content (AvgIpc) is 2.29. The normalized spacial score (nSPS) is 11.4. The van der Waals surface area contributed by atoms with E-state index in [4.69, 9.17) is 0 Å². The van der Waals surface area contributed by atoms with Gasteiger partial charge >= 0.3 is 0 Å². The summed E-state index contributed by atoms with van der Waals surface area (Å²) in [7, 11) is 0. The van der Waals surface area contributed by atoms with Gasteiger partial charge < -0.3 is 5.32 Å². The molecule has 0 aromatic heterocycles. The molecule has 1 aromatic carbocycles. The van der Waals surface area contributed by atoms with Crippen LogP contribution in [-0.4, -0.2) is 17.7 Å². The summed E-state index contributed by atoms with van der Waals surface area (Å²) in [5.74, 6) is 0.0188. The number of carbonyl (C=O) groups excluding carboxylic acids is 1. The second kappa shape index (κ2) is 5.58. The fraction of sp³-hybridized carbons (Fsp3) is 0.500. The molecule has 0 fully saturated rings. The molecule has 0 heterocycles. The highest BCUT2D eigenvalue weighted by molar-refractivity contribution is 7.98. The van der Waals surface area contributed by atoms with E-state index in [-0.39, 0.29) is 11.4 Å². The lowest BCUT2D eigenvalue weighted by atomic mass is 10.0. The van der Waals surface area contributed by atoms with Crippen molar-refractivity contribution in [3.8, 4) is 0 Å². The minimum atomic E-state index is -0.154. The third-order valence-electron chi connectivity index (χ3n) is 3.03. The van der Waals surface area contributed by atoms with Crippen molar-refractivity contribution < 1.29 is 4.79 Å². The summed E-state index contributed by atoms with van der Waals surface area (Å²) < 4.78 is 0. The molecule has 17 heavy (non-hydrogen) atoms. The summed E-state index contributed by atoms with van der Waals surface area (Å²) >= 11 is 1.65.